The summed E-state index contributed by atoms with van der Waals surface area (Å²) in [4.78, 5) is 15.8. The molecular weight excluding hydrogens is 779 g/mol. The highest BCUT2D eigenvalue weighted by atomic mass is 15.0. The Morgan fingerprint density at radius 1 is 0.297 bits per heavy atom. The first kappa shape index (κ1) is 36.0. The van der Waals surface area contributed by atoms with Crippen LogP contribution in [0.4, 0.5) is 0 Å². The summed E-state index contributed by atoms with van der Waals surface area (Å²) in [6.45, 7) is 0. The van der Waals surface area contributed by atoms with E-state index in [0.29, 0.717) is 5.82 Å². The molecule has 0 saturated heterocycles. The van der Waals surface area contributed by atoms with Crippen LogP contribution in [0.2, 0.25) is 0 Å². The van der Waals surface area contributed by atoms with Crippen LogP contribution in [0.25, 0.3) is 122 Å². The number of benzene rings is 9. The van der Waals surface area contributed by atoms with Crippen LogP contribution in [-0.4, -0.2) is 24.1 Å². The lowest BCUT2D eigenvalue weighted by Gasteiger charge is -2.14. The van der Waals surface area contributed by atoms with Gasteiger partial charge < -0.3 is 9.13 Å². The molecule has 4 heterocycles. The molecule has 0 aliphatic heterocycles. The number of fused-ring (bicyclic) bond motifs is 10. The third-order valence-corrected chi connectivity index (χ3v) is 12.7. The minimum atomic E-state index is 0.682. The molecule has 0 spiro atoms. The van der Waals surface area contributed by atoms with Crippen LogP contribution in [0, 0.1) is 0 Å². The smallest absolute Gasteiger partial charge is 0.160 e. The Bertz CT molecular complexity index is 3870. The topological polar surface area (TPSA) is 48.5 Å². The van der Waals surface area contributed by atoms with E-state index in [1.165, 1.54) is 38.0 Å². The molecular formula is C59H37N5. The van der Waals surface area contributed by atoms with Crippen molar-refractivity contribution in [3.05, 3.63) is 224 Å². The number of nitrogens with zero attached hydrogens (tertiary/aromatic N) is 5. The van der Waals surface area contributed by atoms with Gasteiger partial charge in [0.15, 0.2) is 5.82 Å². The summed E-state index contributed by atoms with van der Waals surface area (Å²) < 4.78 is 4.78. The first-order valence-electron chi connectivity index (χ1n) is 21.7. The highest BCUT2D eigenvalue weighted by molar-refractivity contribution is 6.27. The second-order valence-electron chi connectivity index (χ2n) is 16.4. The number of hydrogen-bond acceptors (Lipinski definition) is 3. The van der Waals surface area contributed by atoms with E-state index in [9.17, 15) is 0 Å². The third-order valence-electron chi connectivity index (χ3n) is 12.7. The zero-order valence-electron chi connectivity index (χ0n) is 34.6. The molecule has 5 nitrogen and oxygen atoms in total. The molecule has 298 valence electrons. The Morgan fingerprint density at radius 3 is 1.52 bits per heavy atom. The second-order valence-corrected chi connectivity index (χ2v) is 16.4. The fraction of sp³-hybridized carbons (Fsp3) is 0. The summed E-state index contributed by atoms with van der Waals surface area (Å²) in [7, 11) is 0. The monoisotopic (exact) mass is 815 g/mol. The van der Waals surface area contributed by atoms with Crippen molar-refractivity contribution in [2.75, 3.05) is 0 Å². The fourth-order valence-corrected chi connectivity index (χ4v) is 9.80. The third kappa shape index (κ3) is 5.68. The van der Waals surface area contributed by atoms with Crippen molar-refractivity contribution in [3.8, 4) is 56.5 Å². The van der Waals surface area contributed by atoms with Crippen molar-refractivity contribution < 1.29 is 0 Å². The van der Waals surface area contributed by atoms with Crippen molar-refractivity contribution in [2.24, 2.45) is 0 Å². The average Bonchev–Trinajstić information content (AvgIpc) is 3.89. The van der Waals surface area contributed by atoms with Gasteiger partial charge in [-0.05, 0) is 54.6 Å². The van der Waals surface area contributed by atoms with Crippen LogP contribution in [0.15, 0.2) is 224 Å². The van der Waals surface area contributed by atoms with Crippen molar-refractivity contribution >= 4 is 65.3 Å². The largest absolute Gasteiger partial charge is 0.309 e. The van der Waals surface area contributed by atoms with E-state index in [-0.39, 0.29) is 0 Å². The summed E-state index contributed by atoms with van der Waals surface area (Å²) in [6, 6.07) is 79.6. The molecule has 0 radical (unpaired) electrons. The number of pyridine rings is 1. The quantitative estimate of drug-likeness (QED) is 0.157. The van der Waals surface area contributed by atoms with Gasteiger partial charge in [-0.1, -0.05) is 170 Å². The molecule has 4 aromatic heterocycles. The molecule has 0 bridgehead atoms. The number of para-hydroxylation sites is 4. The van der Waals surface area contributed by atoms with E-state index in [1.54, 1.807) is 0 Å². The van der Waals surface area contributed by atoms with Crippen LogP contribution < -0.4 is 0 Å². The molecule has 0 unspecified atom stereocenters. The van der Waals surface area contributed by atoms with Gasteiger partial charge in [0.05, 0.1) is 44.7 Å². The van der Waals surface area contributed by atoms with Gasteiger partial charge in [-0.25, -0.2) is 15.0 Å². The Labute approximate surface area is 368 Å². The molecule has 13 rings (SSSR count). The van der Waals surface area contributed by atoms with Crippen LogP contribution >= 0.6 is 0 Å². The maximum absolute atomic E-state index is 5.29. The van der Waals surface area contributed by atoms with Crippen molar-refractivity contribution in [1.29, 1.82) is 0 Å². The molecule has 64 heavy (non-hydrogen) atoms. The van der Waals surface area contributed by atoms with Gasteiger partial charge in [-0.2, -0.15) is 0 Å². The molecule has 0 amide bonds. The normalized spacial score (nSPS) is 11.8. The number of rotatable bonds is 6. The number of hydrogen-bond donors (Lipinski definition) is 0. The lowest BCUT2D eigenvalue weighted by molar-refractivity contribution is 1.17. The van der Waals surface area contributed by atoms with E-state index >= 15 is 0 Å². The van der Waals surface area contributed by atoms with Crippen molar-refractivity contribution in [2.45, 2.75) is 0 Å². The zero-order valence-corrected chi connectivity index (χ0v) is 34.6. The average molecular weight is 816 g/mol. The maximum Gasteiger partial charge on any atom is 0.160 e. The molecule has 0 aliphatic rings. The van der Waals surface area contributed by atoms with Crippen LogP contribution in [0.5, 0.6) is 0 Å². The van der Waals surface area contributed by atoms with Gasteiger partial charge in [0, 0.05) is 71.3 Å². The number of aromatic nitrogens is 5. The van der Waals surface area contributed by atoms with Gasteiger partial charge in [0.1, 0.15) is 0 Å². The van der Waals surface area contributed by atoms with E-state index in [1.807, 2.05) is 18.2 Å². The summed E-state index contributed by atoms with van der Waals surface area (Å²) in [5.41, 5.74) is 14.6. The molecule has 0 aliphatic carbocycles. The van der Waals surface area contributed by atoms with Crippen LogP contribution in [-0.2, 0) is 0 Å². The predicted octanol–water partition coefficient (Wildman–Crippen LogP) is 15.0. The van der Waals surface area contributed by atoms with Gasteiger partial charge in [0.2, 0.25) is 0 Å². The summed E-state index contributed by atoms with van der Waals surface area (Å²) in [5, 5.41) is 8.27. The van der Waals surface area contributed by atoms with Crippen molar-refractivity contribution in [1.82, 2.24) is 24.1 Å². The Kier molecular flexibility index (Phi) is 8.15. The molecule has 13 aromatic rings. The minimum Gasteiger partial charge on any atom is -0.309 e. The van der Waals surface area contributed by atoms with Gasteiger partial charge in [-0.3, -0.25) is 0 Å². The summed E-state index contributed by atoms with van der Waals surface area (Å²) in [6.07, 6.45) is 0. The van der Waals surface area contributed by atoms with Crippen LogP contribution in [0.1, 0.15) is 0 Å². The minimum absolute atomic E-state index is 0.682. The van der Waals surface area contributed by atoms with Gasteiger partial charge in [0.25, 0.3) is 0 Å². The first-order valence-corrected chi connectivity index (χ1v) is 21.7. The van der Waals surface area contributed by atoms with Crippen LogP contribution in [0.3, 0.4) is 0 Å². The van der Waals surface area contributed by atoms with Crippen molar-refractivity contribution in [3.63, 3.8) is 0 Å². The van der Waals surface area contributed by atoms with E-state index in [2.05, 4.69) is 215 Å². The predicted molar refractivity (Wildman–Crippen MR) is 265 cm³/mol. The summed E-state index contributed by atoms with van der Waals surface area (Å²) >= 11 is 0. The highest BCUT2D eigenvalue weighted by Gasteiger charge is 2.21. The van der Waals surface area contributed by atoms with Gasteiger partial charge in [-0.15, -0.1) is 0 Å². The lowest BCUT2D eigenvalue weighted by atomic mass is 9.97. The molecule has 0 saturated carbocycles. The summed E-state index contributed by atoms with van der Waals surface area (Å²) in [5.74, 6) is 0.682. The van der Waals surface area contributed by atoms with E-state index in [4.69, 9.17) is 15.0 Å². The molecule has 0 fully saturated rings. The van der Waals surface area contributed by atoms with Gasteiger partial charge >= 0.3 is 0 Å². The standard InChI is InChI=1S/C59H37N5/c1-4-16-39(17-5-1)57-49-35-34-47-46-33-30-41(36-55(46)64(42-20-8-3-9-21-42)58(47)56(49)48-24-10-13-25-50(48)60-57)52-37-51(61-59(62-52)40-18-6-2-7-19-40)38-28-31-43(32-29-38)63-53-26-14-11-22-44(53)45-23-12-15-27-54(45)63/h1-37H. The molecule has 0 atom stereocenters. The Hall–Kier alpha value is -8.67. The highest BCUT2D eigenvalue weighted by Crippen LogP contribution is 2.43. The van der Waals surface area contributed by atoms with E-state index < -0.39 is 0 Å². The Balaban J connectivity index is 1.03. The second kappa shape index (κ2) is 14.5. The SMILES string of the molecule is c1ccc(-c2nc(-c3ccc(-n4c5ccccc5c5ccccc54)cc3)cc(-c3ccc4c5ccc6c(-c7ccccc7)nc7ccccc7c6c5n(-c5ccccc5)c4c3)n2)cc1. The van der Waals surface area contributed by atoms with E-state index in [0.717, 1.165) is 78.0 Å². The molecule has 9 aromatic carbocycles. The zero-order chi connectivity index (χ0) is 42.1. The maximum atomic E-state index is 5.29. The Morgan fingerprint density at radius 2 is 0.812 bits per heavy atom. The molecule has 0 N–H and O–H groups in total. The fourth-order valence-electron chi connectivity index (χ4n) is 9.80. The molecule has 5 heteroatoms. The first-order chi connectivity index (χ1) is 31.7. The lowest BCUT2D eigenvalue weighted by Crippen LogP contribution is -1.98.